The van der Waals surface area contributed by atoms with Crippen LogP contribution in [-0.4, -0.2) is 17.9 Å². The number of hydrogen-bond acceptors (Lipinski definition) is 2. The van der Waals surface area contributed by atoms with Gasteiger partial charge in [0.15, 0.2) is 0 Å². The van der Waals surface area contributed by atoms with Gasteiger partial charge in [-0.25, -0.2) is 9.37 Å². The second-order valence-corrected chi connectivity index (χ2v) is 4.02. The molecule has 1 N–H and O–H groups in total. The molecule has 18 heavy (non-hydrogen) atoms. The lowest BCUT2D eigenvalue weighted by molar-refractivity contribution is 0.0958. The number of halogens is 2. The summed E-state index contributed by atoms with van der Waals surface area (Å²) in [6, 6.07) is 9.06. The Kier molecular flexibility index (Phi) is 3.58. The standard InChI is InChI=1S/C13H10ClFN2O/c1-16-13(18)12-4-2-3-11(17-12)9-6-5-8(15)7-10(9)14/h2-7H,1H3,(H,16,18). The zero-order valence-electron chi connectivity index (χ0n) is 9.58. The SMILES string of the molecule is CNC(=O)c1cccc(-c2ccc(F)cc2Cl)n1. The van der Waals surface area contributed by atoms with E-state index in [4.69, 9.17) is 11.6 Å². The fraction of sp³-hybridized carbons (Fsp3) is 0.0769. The molecule has 5 heteroatoms. The predicted molar refractivity (Wildman–Crippen MR) is 68.0 cm³/mol. The van der Waals surface area contributed by atoms with Crippen molar-refractivity contribution in [1.82, 2.24) is 10.3 Å². The first kappa shape index (κ1) is 12.5. The van der Waals surface area contributed by atoms with E-state index in [0.717, 1.165) is 0 Å². The molecule has 0 fully saturated rings. The minimum atomic E-state index is -0.411. The third kappa shape index (κ3) is 2.49. The molecule has 2 aromatic rings. The molecular weight excluding hydrogens is 255 g/mol. The van der Waals surface area contributed by atoms with Crippen LogP contribution in [0.4, 0.5) is 4.39 Å². The molecule has 1 amide bonds. The van der Waals surface area contributed by atoms with Crippen molar-refractivity contribution in [2.24, 2.45) is 0 Å². The molecule has 0 bridgehead atoms. The van der Waals surface area contributed by atoms with Crippen molar-refractivity contribution in [2.75, 3.05) is 7.05 Å². The first-order valence-corrected chi connectivity index (χ1v) is 5.64. The average molecular weight is 265 g/mol. The van der Waals surface area contributed by atoms with Gasteiger partial charge in [0, 0.05) is 12.6 Å². The Hall–Kier alpha value is -1.94. The molecular formula is C13H10ClFN2O. The van der Waals surface area contributed by atoms with Crippen LogP contribution in [0.1, 0.15) is 10.5 Å². The van der Waals surface area contributed by atoms with Gasteiger partial charge >= 0.3 is 0 Å². The molecule has 2 rings (SSSR count). The molecule has 0 saturated carbocycles. The van der Waals surface area contributed by atoms with E-state index in [1.54, 1.807) is 18.2 Å². The van der Waals surface area contributed by atoms with Gasteiger partial charge in [0.2, 0.25) is 0 Å². The van der Waals surface area contributed by atoms with Crippen LogP contribution in [0.15, 0.2) is 36.4 Å². The lowest BCUT2D eigenvalue weighted by atomic mass is 10.1. The Morgan fingerprint density at radius 3 is 2.78 bits per heavy atom. The van der Waals surface area contributed by atoms with Crippen molar-refractivity contribution in [1.29, 1.82) is 0 Å². The summed E-state index contributed by atoms with van der Waals surface area (Å²) in [5, 5.41) is 2.75. The molecule has 0 radical (unpaired) electrons. The van der Waals surface area contributed by atoms with Crippen molar-refractivity contribution in [3.05, 3.63) is 52.9 Å². The molecule has 1 heterocycles. The highest BCUT2D eigenvalue weighted by Gasteiger charge is 2.09. The fourth-order valence-electron chi connectivity index (χ4n) is 1.54. The van der Waals surface area contributed by atoms with Gasteiger partial charge in [-0.2, -0.15) is 0 Å². The van der Waals surface area contributed by atoms with E-state index >= 15 is 0 Å². The molecule has 1 aromatic heterocycles. The molecule has 92 valence electrons. The van der Waals surface area contributed by atoms with E-state index in [2.05, 4.69) is 10.3 Å². The number of aromatic nitrogens is 1. The molecule has 0 aliphatic heterocycles. The van der Waals surface area contributed by atoms with Crippen molar-refractivity contribution in [2.45, 2.75) is 0 Å². The van der Waals surface area contributed by atoms with Crippen LogP contribution < -0.4 is 5.32 Å². The minimum Gasteiger partial charge on any atom is -0.354 e. The van der Waals surface area contributed by atoms with Crippen molar-refractivity contribution in [3.8, 4) is 11.3 Å². The lowest BCUT2D eigenvalue weighted by Gasteiger charge is -2.05. The lowest BCUT2D eigenvalue weighted by Crippen LogP contribution is -2.19. The highest BCUT2D eigenvalue weighted by atomic mass is 35.5. The molecule has 0 unspecified atom stereocenters. The summed E-state index contributed by atoms with van der Waals surface area (Å²) < 4.78 is 13.0. The van der Waals surface area contributed by atoms with Crippen molar-refractivity contribution < 1.29 is 9.18 Å². The molecule has 0 saturated heterocycles. The van der Waals surface area contributed by atoms with E-state index in [1.807, 2.05) is 0 Å². The summed E-state index contributed by atoms with van der Waals surface area (Å²) in [5.41, 5.74) is 1.40. The number of nitrogens with one attached hydrogen (secondary N) is 1. The van der Waals surface area contributed by atoms with Crippen LogP contribution in [0, 0.1) is 5.82 Å². The summed E-state index contributed by atoms with van der Waals surface area (Å²) in [6.45, 7) is 0. The Labute approximate surface area is 109 Å². The van der Waals surface area contributed by atoms with E-state index in [-0.39, 0.29) is 16.6 Å². The van der Waals surface area contributed by atoms with Crippen LogP contribution in [0.3, 0.4) is 0 Å². The molecule has 1 aromatic carbocycles. The van der Waals surface area contributed by atoms with E-state index in [1.165, 1.54) is 25.2 Å². The first-order valence-electron chi connectivity index (χ1n) is 5.26. The molecule has 0 aliphatic carbocycles. The summed E-state index contributed by atoms with van der Waals surface area (Å²) in [5.74, 6) is -0.693. The first-order chi connectivity index (χ1) is 8.61. The van der Waals surface area contributed by atoms with Gasteiger partial charge in [-0.05, 0) is 30.3 Å². The summed E-state index contributed by atoms with van der Waals surface area (Å²) >= 11 is 5.95. The van der Waals surface area contributed by atoms with Crippen molar-refractivity contribution in [3.63, 3.8) is 0 Å². The number of hydrogen-bond donors (Lipinski definition) is 1. The average Bonchev–Trinajstić information content (AvgIpc) is 2.38. The summed E-state index contributed by atoms with van der Waals surface area (Å²) in [4.78, 5) is 15.7. The van der Waals surface area contributed by atoms with Gasteiger partial charge in [-0.15, -0.1) is 0 Å². The highest BCUT2D eigenvalue weighted by Crippen LogP contribution is 2.27. The number of pyridine rings is 1. The maximum atomic E-state index is 13.0. The van der Waals surface area contributed by atoms with Gasteiger partial charge in [0.25, 0.3) is 5.91 Å². The summed E-state index contributed by atoms with van der Waals surface area (Å²) in [6.07, 6.45) is 0. The van der Waals surface area contributed by atoms with Crippen molar-refractivity contribution >= 4 is 17.5 Å². The van der Waals surface area contributed by atoms with Gasteiger partial charge < -0.3 is 5.32 Å². The minimum absolute atomic E-state index is 0.261. The number of benzene rings is 1. The van der Waals surface area contributed by atoms with Gasteiger partial charge in [0.05, 0.1) is 10.7 Å². The van der Waals surface area contributed by atoms with Crippen LogP contribution in [-0.2, 0) is 0 Å². The van der Waals surface area contributed by atoms with Crippen LogP contribution in [0.2, 0.25) is 5.02 Å². The van der Waals surface area contributed by atoms with Gasteiger partial charge in [-0.1, -0.05) is 17.7 Å². The Bertz CT molecular complexity index is 601. The number of carbonyl (C=O) groups is 1. The number of nitrogens with zero attached hydrogens (tertiary/aromatic N) is 1. The van der Waals surface area contributed by atoms with Crippen LogP contribution >= 0.6 is 11.6 Å². The topological polar surface area (TPSA) is 42.0 Å². The normalized spacial score (nSPS) is 10.2. The second kappa shape index (κ2) is 5.14. The number of rotatable bonds is 2. The number of amides is 1. The maximum absolute atomic E-state index is 13.0. The largest absolute Gasteiger partial charge is 0.354 e. The Morgan fingerprint density at radius 1 is 1.33 bits per heavy atom. The third-order valence-electron chi connectivity index (χ3n) is 2.42. The molecule has 0 spiro atoms. The van der Waals surface area contributed by atoms with Gasteiger partial charge in [0.1, 0.15) is 11.5 Å². The Morgan fingerprint density at radius 2 is 2.11 bits per heavy atom. The van der Waals surface area contributed by atoms with Crippen LogP contribution in [0.25, 0.3) is 11.3 Å². The smallest absolute Gasteiger partial charge is 0.269 e. The van der Waals surface area contributed by atoms with Gasteiger partial charge in [-0.3, -0.25) is 4.79 Å². The molecule has 3 nitrogen and oxygen atoms in total. The summed E-state index contributed by atoms with van der Waals surface area (Å²) in [7, 11) is 1.53. The maximum Gasteiger partial charge on any atom is 0.269 e. The van der Waals surface area contributed by atoms with E-state index in [9.17, 15) is 9.18 Å². The zero-order chi connectivity index (χ0) is 13.1. The predicted octanol–water partition coefficient (Wildman–Crippen LogP) is 2.90. The quantitative estimate of drug-likeness (QED) is 0.906. The number of carbonyl (C=O) groups excluding carboxylic acids is 1. The van der Waals surface area contributed by atoms with E-state index in [0.29, 0.717) is 11.3 Å². The van der Waals surface area contributed by atoms with E-state index < -0.39 is 5.82 Å². The fourth-order valence-corrected chi connectivity index (χ4v) is 1.80. The second-order valence-electron chi connectivity index (χ2n) is 3.61. The van der Waals surface area contributed by atoms with Crippen LogP contribution in [0.5, 0.6) is 0 Å². The molecule has 0 atom stereocenters. The monoisotopic (exact) mass is 264 g/mol. The Balaban J connectivity index is 2.48. The third-order valence-corrected chi connectivity index (χ3v) is 2.73. The zero-order valence-corrected chi connectivity index (χ0v) is 10.3. The molecule has 0 aliphatic rings. The highest BCUT2D eigenvalue weighted by molar-refractivity contribution is 6.33.